The van der Waals surface area contributed by atoms with Gasteiger partial charge < -0.3 is 10.1 Å². The third-order valence-corrected chi connectivity index (χ3v) is 1.28. The van der Waals surface area contributed by atoms with Crippen molar-refractivity contribution in [3.8, 4) is 0 Å². The summed E-state index contributed by atoms with van der Waals surface area (Å²) in [6, 6.07) is 0.113. The van der Waals surface area contributed by atoms with Crippen LogP contribution < -0.4 is 5.32 Å². The minimum Gasteiger partial charge on any atom is -0.447 e. The number of rotatable bonds is 2. The summed E-state index contributed by atoms with van der Waals surface area (Å²) in [5.74, 6) is 0. The van der Waals surface area contributed by atoms with Crippen LogP contribution in [0.5, 0.6) is 0 Å². The van der Waals surface area contributed by atoms with Gasteiger partial charge in [0.1, 0.15) is 6.61 Å². The molecule has 1 atom stereocenters. The third kappa shape index (κ3) is 1.64. The van der Waals surface area contributed by atoms with E-state index < -0.39 is 0 Å². The van der Waals surface area contributed by atoms with Crippen molar-refractivity contribution in [1.29, 1.82) is 0 Å². The second-order valence-corrected chi connectivity index (χ2v) is 2.08. The van der Waals surface area contributed by atoms with Crippen LogP contribution in [0.25, 0.3) is 0 Å². The Morgan fingerprint density at radius 2 is 2.80 bits per heavy atom. The van der Waals surface area contributed by atoms with Gasteiger partial charge in [-0.2, -0.15) is 0 Å². The standard InChI is InChI=1S/C7H9NO2/c1-2-3-4-6-5-10-7(9)8-6/h3,6H,1,4-5H2,(H,8,9)/t6-/m0/s1. The lowest BCUT2D eigenvalue weighted by molar-refractivity contribution is 0.177. The van der Waals surface area contributed by atoms with E-state index in [1.807, 2.05) is 0 Å². The van der Waals surface area contributed by atoms with Crippen molar-refractivity contribution in [2.75, 3.05) is 6.61 Å². The van der Waals surface area contributed by atoms with Crippen LogP contribution in [0, 0.1) is 0 Å². The highest BCUT2D eigenvalue weighted by Crippen LogP contribution is 2.01. The van der Waals surface area contributed by atoms with Crippen molar-refractivity contribution >= 4 is 6.09 Å². The first-order chi connectivity index (χ1) is 4.83. The molecule has 0 saturated carbocycles. The van der Waals surface area contributed by atoms with E-state index in [1.54, 1.807) is 6.08 Å². The smallest absolute Gasteiger partial charge is 0.407 e. The molecule has 1 rings (SSSR count). The van der Waals surface area contributed by atoms with E-state index in [9.17, 15) is 4.79 Å². The lowest BCUT2D eigenvalue weighted by Gasteiger charge is -1.99. The summed E-state index contributed by atoms with van der Waals surface area (Å²) in [5.41, 5.74) is 2.63. The highest BCUT2D eigenvalue weighted by atomic mass is 16.6. The van der Waals surface area contributed by atoms with E-state index in [-0.39, 0.29) is 12.1 Å². The lowest BCUT2D eigenvalue weighted by Crippen LogP contribution is -2.25. The average Bonchev–Trinajstić information content (AvgIpc) is 2.31. The molecule has 0 aliphatic carbocycles. The van der Waals surface area contributed by atoms with Gasteiger partial charge in [-0.05, 0) is 12.5 Å². The van der Waals surface area contributed by atoms with Gasteiger partial charge in [-0.25, -0.2) is 4.79 Å². The summed E-state index contributed by atoms with van der Waals surface area (Å²) >= 11 is 0. The minimum atomic E-state index is -0.331. The highest BCUT2D eigenvalue weighted by Gasteiger charge is 2.20. The first kappa shape index (κ1) is 6.90. The SMILES string of the molecule is C=C=CC[C@H]1COC(=O)N1. The molecule has 1 heterocycles. The van der Waals surface area contributed by atoms with Crippen molar-refractivity contribution in [2.45, 2.75) is 12.5 Å². The molecule has 3 nitrogen and oxygen atoms in total. The molecule has 0 spiro atoms. The van der Waals surface area contributed by atoms with Gasteiger partial charge in [-0.1, -0.05) is 6.58 Å². The number of alkyl carbamates (subject to hydrolysis) is 1. The molecule has 1 saturated heterocycles. The first-order valence-electron chi connectivity index (χ1n) is 3.10. The normalized spacial score (nSPS) is 22.8. The number of hydrogen-bond acceptors (Lipinski definition) is 2. The quantitative estimate of drug-likeness (QED) is 0.575. The van der Waals surface area contributed by atoms with Gasteiger partial charge in [-0.3, -0.25) is 0 Å². The molecule has 0 radical (unpaired) electrons. The van der Waals surface area contributed by atoms with Crippen LogP contribution in [-0.4, -0.2) is 18.7 Å². The lowest BCUT2D eigenvalue weighted by atomic mass is 10.2. The van der Waals surface area contributed by atoms with E-state index in [0.717, 1.165) is 6.42 Å². The van der Waals surface area contributed by atoms with Crippen LogP contribution in [0.4, 0.5) is 4.79 Å². The Kier molecular flexibility index (Phi) is 2.13. The van der Waals surface area contributed by atoms with Gasteiger partial charge >= 0.3 is 6.09 Å². The number of carbonyl (C=O) groups is 1. The number of amides is 1. The zero-order valence-corrected chi connectivity index (χ0v) is 5.59. The Hall–Kier alpha value is -1.21. The minimum absolute atomic E-state index is 0.113. The van der Waals surface area contributed by atoms with E-state index in [2.05, 4.69) is 22.4 Å². The molecule has 1 N–H and O–H groups in total. The molecule has 0 aromatic rings. The van der Waals surface area contributed by atoms with Crippen molar-refractivity contribution in [3.63, 3.8) is 0 Å². The van der Waals surface area contributed by atoms with Crippen molar-refractivity contribution in [3.05, 3.63) is 18.4 Å². The van der Waals surface area contributed by atoms with Gasteiger partial charge in [0.05, 0.1) is 6.04 Å². The number of ether oxygens (including phenoxy) is 1. The highest BCUT2D eigenvalue weighted by molar-refractivity contribution is 5.69. The van der Waals surface area contributed by atoms with Gasteiger partial charge in [0, 0.05) is 0 Å². The molecule has 0 aromatic carbocycles. The second kappa shape index (κ2) is 3.08. The van der Waals surface area contributed by atoms with Gasteiger partial charge in [0.25, 0.3) is 0 Å². The van der Waals surface area contributed by atoms with E-state index >= 15 is 0 Å². The van der Waals surface area contributed by atoms with Crippen LogP contribution in [0.1, 0.15) is 6.42 Å². The summed E-state index contributed by atoms with van der Waals surface area (Å²) < 4.78 is 4.64. The van der Waals surface area contributed by atoms with Crippen molar-refractivity contribution in [2.24, 2.45) is 0 Å². The van der Waals surface area contributed by atoms with Gasteiger partial charge in [0.15, 0.2) is 0 Å². The summed E-state index contributed by atoms with van der Waals surface area (Å²) in [6.45, 7) is 3.86. The molecular weight excluding hydrogens is 130 g/mol. The van der Waals surface area contributed by atoms with Crippen molar-refractivity contribution in [1.82, 2.24) is 5.32 Å². The summed E-state index contributed by atoms with van der Waals surface area (Å²) in [4.78, 5) is 10.4. The number of cyclic esters (lactones) is 1. The Balaban J connectivity index is 2.31. The Labute approximate surface area is 59.4 Å². The van der Waals surface area contributed by atoms with Crippen LogP contribution >= 0.6 is 0 Å². The largest absolute Gasteiger partial charge is 0.447 e. The summed E-state index contributed by atoms with van der Waals surface area (Å²) in [5, 5.41) is 2.63. The Morgan fingerprint density at radius 3 is 3.30 bits per heavy atom. The van der Waals surface area contributed by atoms with E-state index in [4.69, 9.17) is 0 Å². The monoisotopic (exact) mass is 139 g/mol. The van der Waals surface area contributed by atoms with Crippen LogP contribution in [0.15, 0.2) is 18.4 Å². The third-order valence-electron chi connectivity index (χ3n) is 1.28. The molecular formula is C7H9NO2. The molecule has 0 bridgehead atoms. The number of nitrogens with one attached hydrogen (secondary N) is 1. The molecule has 10 heavy (non-hydrogen) atoms. The number of carbonyl (C=O) groups excluding carboxylic acids is 1. The maximum Gasteiger partial charge on any atom is 0.407 e. The fourth-order valence-electron chi connectivity index (χ4n) is 0.779. The summed E-state index contributed by atoms with van der Waals surface area (Å²) in [6.07, 6.45) is 2.19. The molecule has 0 aromatic heterocycles. The maximum atomic E-state index is 10.4. The van der Waals surface area contributed by atoms with Crippen LogP contribution in [-0.2, 0) is 4.74 Å². The van der Waals surface area contributed by atoms with E-state index in [1.165, 1.54) is 0 Å². The zero-order chi connectivity index (χ0) is 7.40. The van der Waals surface area contributed by atoms with E-state index in [0.29, 0.717) is 6.61 Å². The molecule has 3 heteroatoms. The second-order valence-electron chi connectivity index (χ2n) is 2.08. The first-order valence-corrected chi connectivity index (χ1v) is 3.10. The predicted octanol–water partition coefficient (Wildman–Crippen LogP) is 0.826. The zero-order valence-electron chi connectivity index (χ0n) is 5.59. The van der Waals surface area contributed by atoms with Gasteiger partial charge in [-0.15, -0.1) is 5.73 Å². The average molecular weight is 139 g/mol. The fourth-order valence-corrected chi connectivity index (χ4v) is 0.779. The molecule has 1 aliphatic heterocycles. The van der Waals surface area contributed by atoms with Crippen molar-refractivity contribution < 1.29 is 9.53 Å². The maximum absolute atomic E-state index is 10.4. The van der Waals surface area contributed by atoms with Crippen LogP contribution in [0.3, 0.4) is 0 Å². The molecule has 1 amide bonds. The molecule has 54 valence electrons. The Morgan fingerprint density at radius 1 is 2.00 bits per heavy atom. The Bertz CT molecular complexity index is 182. The number of hydrogen-bond donors (Lipinski definition) is 1. The topological polar surface area (TPSA) is 38.3 Å². The van der Waals surface area contributed by atoms with Crippen LogP contribution in [0.2, 0.25) is 0 Å². The predicted molar refractivity (Wildman–Crippen MR) is 36.6 cm³/mol. The molecule has 1 fully saturated rings. The van der Waals surface area contributed by atoms with Gasteiger partial charge in [0.2, 0.25) is 0 Å². The molecule has 0 unspecified atom stereocenters. The summed E-state index contributed by atoms with van der Waals surface area (Å²) in [7, 11) is 0. The fraction of sp³-hybridized carbons (Fsp3) is 0.429. The molecule has 1 aliphatic rings.